The van der Waals surface area contributed by atoms with Gasteiger partial charge < -0.3 is 16.4 Å². The van der Waals surface area contributed by atoms with E-state index in [1.165, 1.54) is 0 Å². The Balaban J connectivity index is 2.75. The summed E-state index contributed by atoms with van der Waals surface area (Å²) in [6.07, 6.45) is 2.56. The van der Waals surface area contributed by atoms with Crippen molar-refractivity contribution in [3.63, 3.8) is 0 Å². The van der Waals surface area contributed by atoms with Gasteiger partial charge in [0.2, 0.25) is 5.91 Å². The zero-order valence-corrected chi connectivity index (χ0v) is 12.2. The lowest BCUT2D eigenvalue weighted by Crippen LogP contribution is -2.42. The molecular formula is C14H22N4O2. The maximum absolute atomic E-state index is 12.2. The van der Waals surface area contributed by atoms with Crippen molar-refractivity contribution in [2.45, 2.75) is 27.2 Å². The van der Waals surface area contributed by atoms with Crippen LogP contribution in [0.4, 0.5) is 5.82 Å². The van der Waals surface area contributed by atoms with E-state index in [9.17, 15) is 9.59 Å². The Hall–Kier alpha value is -2.11. The summed E-state index contributed by atoms with van der Waals surface area (Å²) < 4.78 is 0. The van der Waals surface area contributed by atoms with Crippen molar-refractivity contribution in [1.82, 2.24) is 10.3 Å². The lowest BCUT2D eigenvalue weighted by molar-refractivity contribution is -0.125. The van der Waals surface area contributed by atoms with Crippen LogP contribution in [-0.2, 0) is 4.79 Å². The van der Waals surface area contributed by atoms with Gasteiger partial charge in [0, 0.05) is 19.3 Å². The van der Waals surface area contributed by atoms with Gasteiger partial charge in [0.1, 0.15) is 5.82 Å². The summed E-state index contributed by atoms with van der Waals surface area (Å²) in [4.78, 5) is 27.5. The number of nitrogens with two attached hydrogens (primary N) is 1. The molecule has 2 amide bonds. The van der Waals surface area contributed by atoms with Gasteiger partial charge in [-0.25, -0.2) is 4.98 Å². The number of aromatic nitrogens is 1. The number of anilines is 1. The second-order valence-corrected chi connectivity index (χ2v) is 5.26. The SMILES string of the molecule is CCCNc1ncccc1C(=O)NCC(C)(C)C(N)=O. The van der Waals surface area contributed by atoms with E-state index < -0.39 is 11.3 Å². The van der Waals surface area contributed by atoms with E-state index in [2.05, 4.69) is 15.6 Å². The van der Waals surface area contributed by atoms with Crippen molar-refractivity contribution < 1.29 is 9.59 Å². The normalized spacial score (nSPS) is 10.9. The largest absolute Gasteiger partial charge is 0.369 e. The molecule has 0 aromatic carbocycles. The van der Waals surface area contributed by atoms with Gasteiger partial charge in [-0.05, 0) is 32.4 Å². The summed E-state index contributed by atoms with van der Waals surface area (Å²) in [5.74, 6) is -0.178. The first kappa shape index (κ1) is 15.9. The van der Waals surface area contributed by atoms with E-state index in [-0.39, 0.29) is 12.5 Å². The van der Waals surface area contributed by atoms with Crippen molar-refractivity contribution in [3.8, 4) is 0 Å². The first-order chi connectivity index (χ1) is 9.38. The van der Waals surface area contributed by atoms with Gasteiger partial charge >= 0.3 is 0 Å². The van der Waals surface area contributed by atoms with E-state index in [0.29, 0.717) is 11.4 Å². The van der Waals surface area contributed by atoms with Gasteiger partial charge in [-0.1, -0.05) is 6.92 Å². The highest BCUT2D eigenvalue weighted by atomic mass is 16.2. The molecule has 1 aromatic rings. The molecule has 0 saturated carbocycles. The van der Waals surface area contributed by atoms with Crippen LogP contribution in [-0.4, -0.2) is 29.9 Å². The van der Waals surface area contributed by atoms with Crippen molar-refractivity contribution in [2.75, 3.05) is 18.4 Å². The van der Waals surface area contributed by atoms with Crippen LogP contribution in [0.3, 0.4) is 0 Å². The molecule has 1 rings (SSSR count). The fourth-order valence-corrected chi connectivity index (χ4v) is 1.46. The van der Waals surface area contributed by atoms with Gasteiger partial charge in [-0.3, -0.25) is 9.59 Å². The molecular weight excluding hydrogens is 256 g/mol. The van der Waals surface area contributed by atoms with Crippen molar-refractivity contribution in [1.29, 1.82) is 0 Å². The number of carbonyl (C=O) groups excluding carboxylic acids is 2. The molecule has 4 N–H and O–H groups in total. The number of amides is 2. The second kappa shape index (κ2) is 6.88. The molecule has 0 unspecified atom stereocenters. The highest BCUT2D eigenvalue weighted by molar-refractivity contribution is 5.99. The Morgan fingerprint density at radius 2 is 2.10 bits per heavy atom. The molecule has 0 spiro atoms. The number of nitrogens with zero attached hydrogens (tertiary/aromatic N) is 1. The van der Waals surface area contributed by atoms with Gasteiger partial charge in [-0.15, -0.1) is 0 Å². The molecule has 0 aliphatic carbocycles. The van der Waals surface area contributed by atoms with Gasteiger partial charge in [0.25, 0.3) is 5.91 Å². The molecule has 0 bridgehead atoms. The summed E-state index contributed by atoms with van der Waals surface area (Å²) in [6.45, 7) is 6.34. The third kappa shape index (κ3) is 4.22. The van der Waals surface area contributed by atoms with Gasteiger partial charge in [0.05, 0.1) is 11.0 Å². The van der Waals surface area contributed by atoms with E-state index in [4.69, 9.17) is 5.73 Å². The average Bonchev–Trinajstić information content (AvgIpc) is 2.42. The number of hydrogen-bond acceptors (Lipinski definition) is 4. The molecule has 0 atom stereocenters. The van der Waals surface area contributed by atoms with Crippen molar-refractivity contribution >= 4 is 17.6 Å². The van der Waals surface area contributed by atoms with E-state index in [0.717, 1.165) is 13.0 Å². The van der Waals surface area contributed by atoms with Crippen molar-refractivity contribution in [2.24, 2.45) is 11.1 Å². The standard InChI is InChI=1S/C14H22N4O2/c1-4-7-16-11-10(6-5-8-17-11)12(19)18-9-14(2,3)13(15)20/h5-6,8H,4,7,9H2,1-3H3,(H2,15,20)(H,16,17)(H,18,19). The summed E-state index contributed by atoms with van der Waals surface area (Å²) in [5.41, 5.74) is 4.95. The summed E-state index contributed by atoms with van der Waals surface area (Å²) in [6, 6.07) is 3.39. The van der Waals surface area contributed by atoms with Crippen LogP contribution in [0.1, 0.15) is 37.6 Å². The predicted molar refractivity (Wildman–Crippen MR) is 78.3 cm³/mol. The number of primary amides is 1. The minimum absolute atomic E-state index is 0.184. The molecule has 0 fully saturated rings. The maximum Gasteiger partial charge on any atom is 0.255 e. The molecule has 1 aromatic heterocycles. The van der Waals surface area contributed by atoms with E-state index in [1.54, 1.807) is 32.2 Å². The Kier molecular flexibility index (Phi) is 5.49. The number of pyridine rings is 1. The predicted octanol–water partition coefficient (Wildman–Crippen LogP) is 1.14. The summed E-state index contributed by atoms with van der Waals surface area (Å²) >= 11 is 0. The van der Waals surface area contributed by atoms with Crippen LogP contribution < -0.4 is 16.4 Å². The second-order valence-electron chi connectivity index (χ2n) is 5.26. The third-order valence-corrected chi connectivity index (χ3v) is 2.95. The van der Waals surface area contributed by atoms with Crippen LogP contribution in [0.5, 0.6) is 0 Å². The van der Waals surface area contributed by atoms with Crippen LogP contribution in [0.2, 0.25) is 0 Å². The van der Waals surface area contributed by atoms with Crippen LogP contribution >= 0.6 is 0 Å². The number of carbonyl (C=O) groups is 2. The summed E-state index contributed by atoms with van der Waals surface area (Å²) in [7, 11) is 0. The van der Waals surface area contributed by atoms with Crippen molar-refractivity contribution in [3.05, 3.63) is 23.9 Å². The first-order valence-electron chi connectivity index (χ1n) is 6.65. The molecule has 0 radical (unpaired) electrons. The quantitative estimate of drug-likeness (QED) is 0.697. The van der Waals surface area contributed by atoms with Gasteiger partial charge in [0.15, 0.2) is 0 Å². The fraction of sp³-hybridized carbons (Fsp3) is 0.500. The highest BCUT2D eigenvalue weighted by Gasteiger charge is 2.26. The molecule has 1 heterocycles. The Bertz CT molecular complexity index is 486. The van der Waals surface area contributed by atoms with E-state index >= 15 is 0 Å². The minimum Gasteiger partial charge on any atom is -0.369 e. The fourth-order valence-electron chi connectivity index (χ4n) is 1.46. The molecule has 6 nitrogen and oxygen atoms in total. The molecule has 20 heavy (non-hydrogen) atoms. The molecule has 0 saturated heterocycles. The third-order valence-electron chi connectivity index (χ3n) is 2.95. The van der Waals surface area contributed by atoms with E-state index in [1.807, 2.05) is 6.92 Å². The minimum atomic E-state index is -0.783. The Labute approximate surface area is 119 Å². The number of hydrogen-bond donors (Lipinski definition) is 3. The number of nitrogens with one attached hydrogen (secondary N) is 2. The molecule has 110 valence electrons. The Morgan fingerprint density at radius 1 is 1.40 bits per heavy atom. The topological polar surface area (TPSA) is 97.1 Å². The van der Waals surface area contributed by atoms with Crippen LogP contribution in [0.15, 0.2) is 18.3 Å². The van der Waals surface area contributed by atoms with Crippen LogP contribution in [0.25, 0.3) is 0 Å². The maximum atomic E-state index is 12.2. The molecule has 0 aliphatic heterocycles. The number of rotatable bonds is 7. The first-order valence-corrected chi connectivity index (χ1v) is 6.65. The summed E-state index contributed by atoms with van der Waals surface area (Å²) in [5, 5.41) is 5.82. The average molecular weight is 278 g/mol. The smallest absolute Gasteiger partial charge is 0.255 e. The van der Waals surface area contributed by atoms with Crippen LogP contribution in [0, 0.1) is 5.41 Å². The monoisotopic (exact) mass is 278 g/mol. The zero-order valence-electron chi connectivity index (χ0n) is 12.2. The molecule has 6 heteroatoms. The lowest BCUT2D eigenvalue weighted by Gasteiger charge is -2.21. The highest BCUT2D eigenvalue weighted by Crippen LogP contribution is 2.14. The molecule has 0 aliphatic rings. The van der Waals surface area contributed by atoms with Gasteiger partial charge in [-0.2, -0.15) is 0 Å². The lowest BCUT2D eigenvalue weighted by atomic mass is 9.92. The Morgan fingerprint density at radius 3 is 2.70 bits per heavy atom. The zero-order chi connectivity index (χ0) is 15.2.